The Morgan fingerprint density at radius 1 is 1.16 bits per heavy atom. The van der Waals surface area contributed by atoms with E-state index in [4.69, 9.17) is 16.3 Å². The van der Waals surface area contributed by atoms with Gasteiger partial charge < -0.3 is 10.1 Å². The number of carbonyl (C=O) groups is 1. The van der Waals surface area contributed by atoms with Gasteiger partial charge in [-0.25, -0.2) is 8.42 Å². The van der Waals surface area contributed by atoms with Crippen LogP contribution in [0.25, 0.3) is 0 Å². The lowest BCUT2D eigenvalue weighted by molar-refractivity contribution is -0.123. The van der Waals surface area contributed by atoms with Gasteiger partial charge in [0.1, 0.15) is 17.4 Å². The number of halogens is 1. The van der Waals surface area contributed by atoms with Crippen LogP contribution in [0.15, 0.2) is 48.5 Å². The first kappa shape index (κ1) is 24.4. The van der Waals surface area contributed by atoms with Gasteiger partial charge in [-0.05, 0) is 49.6 Å². The maximum Gasteiger partial charge on any atom is 0.244 e. The van der Waals surface area contributed by atoms with Crippen LogP contribution in [0, 0.1) is 0 Å². The molecule has 1 aliphatic rings. The Labute approximate surface area is 196 Å². The van der Waals surface area contributed by atoms with Crippen molar-refractivity contribution in [3.63, 3.8) is 0 Å². The smallest absolute Gasteiger partial charge is 0.244 e. The number of para-hydroxylation sites is 1. The van der Waals surface area contributed by atoms with E-state index in [0.29, 0.717) is 23.6 Å². The lowest BCUT2D eigenvalue weighted by atomic mass is 9.83. The van der Waals surface area contributed by atoms with Crippen molar-refractivity contribution >= 4 is 33.2 Å². The Bertz CT molecular complexity index is 1050. The Kier molecular flexibility index (Phi) is 7.40. The number of fused-ring (bicyclic) bond motifs is 1. The average molecular weight is 479 g/mol. The number of ether oxygens (including phenoxy) is 1. The molecule has 1 aliphatic heterocycles. The van der Waals surface area contributed by atoms with Crippen LogP contribution in [-0.2, 0) is 14.8 Å². The maximum atomic E-state index is 13.5. The molecule has 8 heteroatoms. The first-order valence-corrected chi connectivity index (χ1v) is 13.2. The zero-order chi connectivity index (χ0) is 23.5. The SMILES string of the molecule is CC[C@@H](C(=O)N[C@@H]1CC(CC)(CC)Oc2ccccc21)N(c1ccc(Cl)cc1)S(C)(=O)=O. The van der Waals surface area contributed by atoms with Crippen LogP contribution >= 0.6 is 11.6 Å². The third-order valence-electron chi connectivity index (χ3n) is 6.21. The van der Waals surface area contributed by atoms with Crippen LogP contribution in [0.1, 0.15) is 58.1 Å². The number of carbonyl (C=O) groups excluding carboxylic acids is 1. The molecule has 0 saturated carbocycles. The minimum atomic E-state index is -3.72. The summed E-state index contributed by atoms with van der Waals surface area (Å²) in [4.78, 5) is 13.5. The molecular weight excluding hydrogens is 448 g/mol. The highest BCUT2D eigenvalue weighted by atomic mass is 35.5. The predicted molar refractivity (Wildman–Crippen MR) is 129 cm³/mol. The molecule has 0 unspecified atom stereocenters. The highest BCUT2D eigenvalue weighted by Crippen LogP contribution is 2.42. The molecule has 0 fully saturated rings. The number of rotatable bonds is 8. The van der Waals surface area contributed by atoms with Crippen molar-refractivity contribution in [2.75, 3.05) is 10.6 Å². The van der Waals surface area contributed by atoms with Crippen LogP contribution in [0.3, 0.4) is 0 Å². The molecule has 2 aromatic rings. The summed E-state index contributed by atoms with van der Waals surface area (Å²) in [5.74, 6) is 0.425. The van der Waals surface area contributed by atoms with Crippen molar-refractivity contribution in [3.05, 3.63) is 59.1 Å². The van der Waals surface area contributed by atoms with E-state index in [2.05, 4.69) is 19.2 Å². The van der Waals surface area contributed by atoms with Crippen molar-refractivity contribution in [1.82, 2.24) is 5.32 Å². The Morgan fingerprint density at radius 2 is 1.78 bits per heavy atom. The van der Waals surface area contributed by atoms with E-state index in [1.807, 2.05) is 24.3 Å². The predicted octanol–water partition coefficient (Wildman–Crippen LogP) is 5.08. The molecule has 2 atom stereocenters. The third kappa shape index (κ3) is 5.04. The van der Waals surface area contributed by atoms with Crippen molar-refractivity contribution < 1.29 is 17.9 Å². The van der Waals surface area contributed by atoms with E-state index < -0.39 is 16.1 Å². The lowest BCUT2D eigenvalue weighted by Crippen LogP contribution is -2.52. The first-order chi connectivity index (χ1) is 15.1. The molecule has 2 aromatic carbocycles. The second-order valence-electron chi connectivity index (χ2n) is 8.25. The Morgan fingerprint density at radius 3 is 2.34 bits per heavy atom. The monoisotopic (exact) mass is 478 g/mol. The molecule has 174 valence electrons. The van der Waals surface area contributed by atoms with Gasteiger partial charge in [-0.2, -0.15) is 0 Å². The summed E-state index contributed by atoms with van der Waals surface area (Å²) in [6.07, 6.45) is 3.67. The molecule has 0 radical (unpaired) electrons. The van der Waals surface area contributed by atoms with Crippen LogP contribution in [-0.4, -0.2) is 32.2 Å². The lowest BCUT2D eigenvalue weighted by Gasteiger charge is -2.42. The van der Waals surface area contributed by atoms with Gasteiger partial charge in [0, 0.05) is 17.0 Å². The Hall–Kier alpha value is -2.25. The molecule has 0 bridgehead atoms. The number of nitrogens with one attached hydrogen (secondary N) is 1. The molecule has 1 N–H and O–H groups in total. The van der Waals surface area contributed by atoms with Gasteiger partial charge in [0.2, 0.25) is 15.9 Å². The van der Waals surface area contributed by atoms with E-state index in [-0.39, 0.29) is 17.6 Å². The van der Waals surface area contributed by atoms with Gasteiger partial charge in [0.05, 0.1) is 18.0 Å². The first-order valence-electron chi connectivity index (χ1n) is 11.0. The topological polar surface area (TPSA) is 75.7 Å². The number of sulfonamides is 1. The highest BCUT2D eigenvalue weighted by Gasteiger charge is 2.40. The fourth-order valence-corrected chi connectivity index (χ4v) is 5.68. The van der Waals surface area contributed by atoms with E-state index >= 15 is 0 Å². The van der Waals surface area contributed by atoms with E-state index in [0.717, 1.165) is 30.4 Å². The van der Waals surface area contributed by atoms with E-state index in [1.165, 1.54) is 4.31 Å². The van der Waals surface area contributed by atoms with Gasteiger partial charge in [0.15, 0.2) is 0 Å². The summed E-state index contributed by atoms with van der Waals surface area (Å²) in [6, 6.07) is 13.0. The third-order valence-corrected chi connectivity index (χ3v) is 7.64. The zero-order valence-electron chi connectivity index (χ0n) is 19.0. The number of hydrogen-bond donors (Lipinski definition) is 1. The van der Waals surface area contributed by atoms with Gasteiger partial charge in [-0.15, -0.1) is 0 Å². The van der Waals surface area contributed by atoms with Crippen LogP contribution in [0.5, 0.6) is 5.75 Å². The number of hydrogen-bond acceptors (Lipinski definition) is 4. The summed E-state index contributed by atoms with van der Waals surface area (Å²) in [5, 5.41) is 3.63. The molecule has 0 aromatic heterocycles. The quantitative estimate of drug-likeness (QED) is 0.573. The van der Waals surface area contributed by atoms with E-state index in [9.17, 15) is 13.2 Å². The molecule has 1 heterocycles. The van der Waals surface area contributed by atoms with E-state index in [1.54, 1.807) is 31.2 Å². The summed E-state index contributed by atoms with van der Waals surface area (Å²) in [6.45, 7) is 5.97. The van der Waals surface area contributed by atoms with Crippen LogP contribution in [0.2, 0.25) is 5.02 Å². The summed E-state index contributed by atoms with van der Waals surface area (Å²) in [7, 11) is -3.72. The molecule has 0 aliphatic carbocycles. The zero-order valence-corrected chi connectivity index (χ0v) is 20.5. The van der Waals surface area contributed by atoms with Crippen molar-refractivity contribution in [3.8, 4) is 5.75 Å². The van der Waals surface area contributed by atoms with Gasteiger partial charge in [-0.1, -0.05) is 50.6 Å². The average Bonchev–Trinajstić information content (AvgIpc) is 2.77. The van der Waals surface area contributed by atoms with Crippen LogP contribution < -0.4 is 14.4 Å². The fraction of sp³-hybridized carbons (Fsp3) is 0.458. The largest absolute Gasteiger partial charge is 0.487 e. The molecule has 6 nitrogen and oxygen atoms in total. The van der Waals surface area contributed by atoms with Crippen molar-refractivity contribution in [2.24, 2.45) is 0 Å². The molecule has 0 spiro atoms. The number of benzene rings is 2. The normalized spacial score (nSPS) is 18.2. The molecule has 1 amide bonds. The van der Waals surface area contributed by atoms with Crippen LogP contribution in [0.4, 0.5) is 5.69 Å². The molecule has 0 saturated heterocycles. The van der Waals surface area contributed by atoms with Crippen molar-refractivity contribution in [2.45, 2.75) is 64.1 Å². The Balaban J connectivity index is 1.95. The van der Waals surface area contributed by atoms with Gasteiger partial charge in [-0.3, -0.25) is 9.10 Å². The minimum Gasteiger partial charge on any atom is -0.487 e. The summed E-state index contributed by atoms with van der Waals surface area (Å²) < 4.78 is 32.9. The summed E-state index contributed by atoms with van der Waals surface area (Å²) >= 11 is 5.98. The maximum absolute atomic E-state index is 13.5. The molecule has 3 rings (SSSR count). The van der Waals surface area contributed by atoms with Gasteiger partial charge in [0.25, 0.3) is 0 Å². The van der Waals surface area contributed by atoms with Crippen molar-refractivity contribution in [1.29, 1.82) is 0 Å². The highest BCUT2D eigenvalue weighted by molar-refractivity contribution is 7.92. The number of nitrogens with zero attached hydrogens (tertiary/aromatic N) is 1. The molecular formula is C24H31ClN2O4S. The molecule has 32 heavy (non-hydrogen) atoms. The standard InChI is InChI=1S/C24H31ClN2O4S/c1-5-21(27(32(4,29)30)18-14-12-17(25)13-15-18)23(28)26-20-16-24(6-2,7-3)31-22-11-9-8-10-19(20)22/h8-15,20-21H,5-7,16H2,1-4H3,(H,26,28)/t20-,21+/m1/s1. The second-order valence-corrected chi connectivity index (χ2v) is 10.6. The minimum absolute atomic E-state index is 0.270. The fourth-order valence-electron chi connectivity index (χ4n) is 4.35. The second kappa shape index (κ2) is 9.71. The summed E-state index contributed by atoms with van der Waals surface area (Å²) in [5.41, 5.74) is 0.939. The number of anilines is 1. The van der Waals surface area contributed by atoms with Gasteiger partial charge >= 0.3 is 0 Å². The number of amides is 1.